The van der Waals surface area contributed by atoms with Crippen molar-refractivity contribution in [3.8, 4) is 0 Å². The molecule has 0 aliphatic heterocycles. The minimum Gasteiger partial charge on any atom is -0.358 e. The molecule has 0 fully saturated rings. The van der Waals surface area contributed by atoms with Crippen LogP contribution in [0.15, 0.2) is 0 Å². The molecule has 0 saturated heterocycles. The van der Waals surface area contributed by atoms with Crippen molar-refractivity contribution >= 4 is 17.5 Å². The van der Waals surface area contributed by atoms with E-state index >= 15 is 0 Å². The van der Waals surface area contributed by atoms with Crippen molar-refractivity contribution < 1.29 is 4.79 Å². The second-order valence-electron chi connectivity index (χ2n) is 4.96. The van der Waals surface area contributed by atoms with Gasteiger partial charge in [0.1, 0.15) is 23.5 Å². The van der Waals surface area contributed by atoms with E-state index in [9.17, 15) is 4.79 Å². The molecule has 7 nitrogen and oxygen atoms in total. The molecule has 20 heavy (non-hydrogen) atoms. The van der Waals surface area contributed by atoms with E-state index < -0.39 is 0 Å². The number of anilines is 2. The number of aromatic nitrogens is 2. The van der Waals surface area contributed by atoms with Crippen LogP contribution < -0.4 is 16.6 Å². The van der Waals surface area contributed by atoms with Crippen LogP contribution in [0.2, 0.25) is 0 Å². The van der Waals surface area contributed by atoms with Crippen molar-refractivity contribution in [3.63, 3.8) is 0 Å². The van der Waals surface area contributed by atoms with Gasteiger partial charge >= 0.3 is 0 Å². The number of nitrogens with zero attached hydrogens (tertiary/aromatic N) is 3. The molecular formula is C13H24N6O. The van der Waals surface area contributed by atoms with Gasteiger partial charge in [0.25, 0.3) is 0 Å². The molecule has 1 atom stereocenters. The van der Waals surface area contributed by atoms with Gasteiger partial charge in [0, 0.05) is 26.1 Å². The third-order valence-corrected chi connectivity index (χ3v) is 2.97. The topological polar surface area (TPSA) is 96.2 Å². The predicted octanol–water partition coefficient (Wildman–Crippen LogP) is 0.912. The van der Waals surface area contributed by atoms with Gasteiger partial charge in [-0.1, -0.05) is 6.92 Å². The largest absolute Gasteiger partial charge is 0.358 e. The minimum absolute atomic E-state index is 0.0117. The molecule has 1 heterocycles. The first-order valence-electron chi connectivity index (χ1n) is 6.72. The number of aryl methyl sites for hydroxylation is 1. The summed E-state index contributed by atoms with van der Waals surface area (Å²) in [5, 5.41) is 3.13. The van der Waals surface area contributed by atoms with Crippen LogP contribution in [-0.4, -0.2) is 40.9 Å². The molecule has 4 N–H and O–H groups in total. The van der Waals surface area contributed by atoms with Crippen LogP contribution >= 0.6 is 0 Å². The summed E-state index contributed by atoms with van der Waals surface area (Å²) in [7, 11) is 3.45. The second kappa shape index (κ2) is 7.04. The van der Waals surface area contributed by atoms with Gasteiger partial charge in [-0.25, -0.2) is 15.8 Å². The summed E-state index contributed by atoms with van der Waals surface area (Å²) in [5.41, 5.74) is 3.37. The molecule has 0 aliphatic rings. The highest BCUT2D eigenvalue weighted by Gasteiger charge is 2.18. The summed E-state index contributed by atoms with van der Waals surface area (Å²) < 4.78 is 0. The molecule has 0 aliphatic carbocycles. The number of likely N-dealkylation sites (N-methyl/N-ethyl adjacent to an activating group) is 1. The van der Waals surface area contributed by atoms with Crippen LogP contribution in [0.1, 0.15) is 31.7 Å². The van der Waals surface area contributed by atoms with Gasteiger partial charge in [0.05, 0.1) is 0 Å². The second-order valence-corrected chi connectivity index (χ2v) is 4.96. The molecule has 0 aromatic carbocycles. The molecule has 1 aromatic heterocycles. The molecule has 1 rings (SSSR count). The fourth-order valence-corrected chi connectivity index (χ4v) is 1.83. The summed E-state index contributed by atoms with van der Waals surface area (Å²) >= 11 is 0. The van der Waals surface area contributed by atoms with Gasteiger partial charge < -0.3 is 15.6 Å². The van der Waals surface area contributed by atoms with Gasteiger partial charge in [0.15, 0.2) is 0 Å². The Morgan fingerprint density at radius 3 is 2.45 bits per heavy atom. The van der Waals surface area contributed by atoms with Crippen molar-refractivity contribution in [3.05, 3.63) is 11.4 Å². The van der Waals surface area contributed by atoms with Gasteiger partial charge in [-0.3, -0.25) is 4.79 Å². The lowest BCUT2D eigenvalue weighted by atomic mass is 10.2. The first-order valence-corrected chi connectivity index (χ1v) is 6.72. The van der Waals surface area contributed by atoms with E-state index in [0.717, 1.165) is 18.4 Å². The molecule has 1 unspecified atom stereocenters. The molecule has 112 valence electrons. The molecule has 7 heteroatoms. The Morgan fingerprint density at radius 1 is 1.35 bits per heavy atom. The Labute approximate surface area is 119 Å². The van der Waals surface area contributed by atoms with Gasteiger partial charge in [-0.05, 0) is 20.3 Å². The number of hydrogen-bond donors (Lipinski definition) is 3. The van der Waals surface area contributed by atoms with E-state index in [-0.39, 0.29) is 11.9 Å². The number of nitrogen functional groups attached to an aromatic ring is 1. The normalized spacial score (nSPS) is 11.9. The Balaban J connectivity index is 3.04. The molecule has 0 saturated carbocycles. The Bertz CT molecular complexity index is 474. The van der Waals surface area contributed by atoms with Gasteiger partial charge in [-0.2, -0.15) is 0 Å². The Morgan fingerprint density at radius 2 is 1.95 bits per heavy atom. The number of nitrogens with two attached hydrogens (primary N) is 1. The van der Waals surface area contributed by atoms with Gasteiger partial charge in [-0.15, -0.1) is 0 Å². The molecule has 1 amide bonds. The van der Waals surface area contributed by atoms with E-state index in [1.165, 1.54) is 0 Å². The summed E-state index contributed by atoms with van der Waals surface area (Å²) in [6.07, 6.45) is 1.71. The SMILES string of the molecule is CCCc1nc(NN)c(C)c(NC(C)C(=O)N(C)C)n1. The minimum atomic E-state index is -0.362. The number of carbonyl (C=O) groups excluding carboxylic acids is 1. The number of hydrogen-bond acceptors (Lipinski definition) is 6. The number of hydrazine groups is 1. The standard InChI is InChI=1S/C13H24N6O/c1-6-7-10-16-11(8(2)12(17-10)18-14)15-9(3)13(20)19(4)5/h9H,6-7,14H2,1-5H3,(H2,15,16,17,18). The average molecular weight is 280 g/mol. The third kappa shape index (κ3) is 3.80. The summed E-state index contributed by atoms with van der Waals surface area (Å²) in [6, 6.07) is -0.362. The maximum Gasteiger partial charge on any atom is 0.244 e. The van der Waals surface area contributed by atoms with Crippen LogP contribution in [0.4, 0.5) is 11.6 Å². The van der Waals surface area contributed by atoms with Crippen LogP contribution in [0, 0.1) is 6.92 Å². The molecule has 1 aromatic rings. The lowest BCUT2D eigenvalue weighted by Gasteiger charge is -2.20. The lowest BCUT2D eigenvalue weighted by molar-refractivity contribution is -0.129. The van der Waals surface area contributed by atoms with E-state index in [4.69, 9.17) is 5.84 Å². The molecule has 0 radical (unpaired) electrons. The fourth-order valence-electron chi connectivity index (χ4n) is 1.83. The van der Waals surface area contributed by atoms with Crippen LogP contribution in [-0.2, 0) is 11.2 Å². The highest BCUT2D eigenvalue weighted by Crippen LogP contribution is 2.20. The zero-order chi connectivity index (χ0) is 15.3. The smallest absolute Gasteiger partial charge is 0.244 e. The number of rotatable bonds is 6. The average Bonchev–Trinajstić information content (AvgIpc) is 2.41. The maximum atomic E-state index is 11.9. The van der Waals surface area contributed by atoms with E-state index in [2.05, 4.69) is 27.6 Å². The van der Waals surface area contributed by atoms with Gasteiger partial charge in [0.2, 0.25) is 5.91 Å². The lowest BCUT2D eigenvalue weighted by Crippen LogP contribution is -2.37. The highest BCUT2D eigenvalue weighted by atomic mass is 16.2. The van der Waals surface area contributed by atoms with Crippen molar-refractivity contribution in [2.45, 2.75) is 39.7 Å². The zero-order valence-corrected chi connectivity index (χ0v) is 12.8. The van der Waals surface area contributed by atoms with E-state index in [1.807, 2.05) is 6.92 Å². The Hall–Kier alpha value is -1.89. The molecule has 0 spiro atoms. The zero-order valence-electron chi connectivity index (χ0n) is 12.8. The van der Waals surface area contributed by atoms with E-state index in [0.29, 0.717) is 17.5 Å². The van der Waals surface area contributed by atoms with E-state index in [1.54, 1.807) is 25.9 Å². The first-order chi connectivity index (χ1) is 9.40. The first kappa shape index (κ1) is 16.2. The third-order valence-electron chi connectivity index (χ3n) is 2.97. The highest BCUT2D eigenvalue weighted by molar-refractivity contribution is 5.84. The summed E-state index contributed by atoms with van der Waals surface area (Å²) in [4.78, 5) is 22.3. The monoisotopic (exact) mass is 280 g/mol. The van der Waals surface area contributed by atoms with Crippen LogP contribution in [0.25, 0.3) is 0 Å². The van der Waals surface area contributed by atoms with Crippen molar-refractivity contribution in [2.24, 2.45) is 5.84 Å². The maximum absolute atomic E-state index is 11.9. The molecular weight excluding hydrogens is 256 g/mol. The summed E-state index contributed by atoms with van der Waals surface area (Å²) in [5.74, 6) is 7.39. The van der Waals surface area contributed by atoms with Crippen molar-refractivity contribution in [2.75, 3.05) is 24.8 Å². The van der Waals surface area contributed by atoms with Crippen molar-refractivity contribution in [1.82, 2.24) is 14.9 Å². The Kier molecular flexibility index (Phi) is 5.69. The number of amides is 1. The predicted molar refractivity (Wildman–Crippen MR) is 80.4 cm³/mol. The van der Waals surface area contributed by atoms with Crippen LogP contribution in [0.3, 0.4) is 0 Å². The number of carbonyl (C=O) groups is 1. The number of nitrogens with one attached hydrogen (secondary N) is 2. The fraction of sp³-hybridized carbons (Fsp3) is 0.615. The molecule has 0 bridgehead atoms. The quantitative estimate of drug-likeness (QED) is 0.529. The van der Waals surface area contributed by atoms with Crippen LogP contribution in [0.5, 0.6) is 0 Å². The summed E-state index contributed by atoms with van der Waals surface area (Å²) in [6.45, 7) is 5.73. The van der Waals surface area contributed by atoms with Crippen molar-refractivity contribution in [1.29, 1.82) is 0 Å².